The summed E-state index contributed by atoms with van der Waals surface area (Å²) in [7, 11) is 3.81. The van der Waals surface area contributed by atoms with Crippen molar-refractivity contribution < 1.29 is 18.6 Å². The number of pyridine rings is 1. The molecule has 1 aliphatic heterocycles. The van der Waals surface area contributed by atoms with Gasteiger partial charge >= 0.3 is 0 Å². The van der Waals surface area contributed by atoms with Gasteiger partial charge in [-0.25, -0.2) is 4.39 Å². The fraction of sp³-hybridized carbons (Fsp3) is 0.414. The second kappa shape index (κ2) is 9.50. The van der Waals surface area contributed by atoms with Crippen molar-refractivity contribution in [3.8, 4) is 23.0 Å². The molecule has 2 aliphatic rings. The molecule has 8 heteroatoms. The van der Waals surface area contributed by atoms with Crippen molar-refractivity contribution in [2.75, 3.05) is 53.5 Å². The average molecular weight is 505 g/mol. The molecule has 0 atom stereocenters. The predicted molar refractivity (Wildman–Crippen MR) is 142 cm³/mol. The van der Waals surface area contributed by atoms with Crippen molar-refractivity contribution in [3.63, 3.8) is 0 Å². The van der Waals surface area contributed by atoms with Crippen LogP contribution in [-0.4, -0.2) is 73.3 Å². The van der Waals surface area contributed by atoms with Crippen molar-refractivity contribution in [1.29, 1.82) is 0 Å². The molecule has 0 bridgehead atoms. The molecule has 37 heavy (non-hydrogen) atoms. The summed E-state index contributed by atoms with van der Waals surface area (Å²) in [4.78, 5) is 12.6. The lowest BCUT2D eigenvalue weighted by atomic mass is 10.1. The minimum Gasteiger partial charge on any atom is -0.493 e. The first-order chi connectivity index (χ1) is 17.9. The molecule has 0 radical (unpaired) electrons. The third kappa shape index (κ3) is 4.83. The van der Waals surface area contributed by atoms with E-state index in [9.17, 15) is 0 Å². The Morgan fingerprint density at radius 3 is 2.54 bits per heavy atom. The van der Waals surface area contributed by atoms with E-state index in [0.29, 0.717) is 34.8 Å². The van der Waals surface area contributed by atoms with Crippen LogP contribution in [0.5, 0.6) is 23.0 Å². The van der Waals surface area contributed by atoms with Gasteiger partial charge in [-0.15, -0.1) is 0 Å². The zero-order valence-corrected chi connectivity index (χ0v) is 21.6. The third-order valence-electron chi connectivity index (χ3n) is 7.69. The number of nitrogens with one attached hydrogen (secondary N) is 1. The van der Waals surface area contributed by atoms with Crippen LogP contribution in [0.3, 0.4) is 0 Å². The van der Waals surface area contributed by atoms with Gasteiger partial charge in [0.25, 0.3) is 0 Å². The van der Waals surface area contributed by atoms with Gasteiger partial charge in [-0.1, -0.05) is 0 Å². The fourth-order valence-corrected chi connectivity index (χ4v) is 5.21. The summed E-state index contributed by atoms with van der Waals surface area (Å²) in [6.07, 6.45) is 4.03. The number of fused-ring (bicyclic) bond motifs is 2. The van der Waals surface area contributed by atoms with E-state index in [0.717, 1.165) is 49.3 Å². The maximum Gasteiger partial charge on any atom is 0.175 e. The molecule has 7 nitrogen and oxygen atoms in total. The zero-order chi connectivity index (χ0) is 25.6. The summed E-state index contributed by atoms with van der Waals surface area (Å²) >= 11 is 0. The maximum absolute atomic E-state index is 15.2. The first-order valence-corrected chi connectivity index (χ1v) is 12.9. The first kappa shape index (κ1) is 24.0. The molecule has 0 unspecified atom stereocenters. The minimum atomic E-state index is -0.395. The van der Waals surface area contributed by atoms with Crippen molar-refractivity contribution in [3.05, 3.63) is 54.1 Å². The number of methoxy groups -OCH3 is 1. The van der Waals surface area contributed by atoms with Crippen LogP contribution in [0.2, 0.25) is 0 Å². The van der Waals surface area contributed by atoms with E-state index in [1.165, 1.54) is 12.8 Å². The summed E-state index contributed by atoms with van der Waals surface area (Å²) in [5.41, 5.74) is 2.55. The molecular weight excluding hydrogens is 471 g/mol. The molecule has 0 spiro atoms. The molecule has 1 aliphatic carbocycles. The number of rotatable bonds is 8. The molecular formula is C29H33FN4O3. The average Bonchev–Trinajstić information content (AvgIpc) is 3.55. The van der Waals surface area contributed by atoms with Gasteiger partial charge in [0.05, 0.1) is 19.2 Å². The minimum absolute atomic E-state index is 0.165. The molecule has 2 fully saturated rings. The van der Waals surface area contributed by atoms with Gasteiger partial charge in [-0.05, 0) is 57.1 Å². The largest absolute Gasteiger partial charge is 0.493 e. The van der Waals surface area contributed by atoms with Gasteiger partial charge in [0.1, 0.15) is 5.75 Å². The first-order valence-electron chi connectivity index (χ1n) is 12.9. The summed E-state index contributed by atoms with van der Waals surface area (Å²) < 4.78 is 33.3. The molecule has 0 amide bonds. The van der Waals surface area contributed by atoms with Gasteiger partial charge < -0.3 is 29.0 Å². The molecule has 1 saturated carbocycles. The van der Waals surface area contributed by atoms with Gasteiger partial charge in [0.15, 0.2) is 23.1 Å². The van der Waals surface area contributed by atoms with Crippen LogP contribution in [-0.2, 0) is 0 Å². The van der Waals surface area contributed by atoms with Crippen LogP contribution in [0, 0.1) is 18.2 Å². The van der Waals surface area contributed by atoms with Crippen LogP contribution in [0.25, 0.3) is 21.8 Å². The highest BCUT2D eigenvalue weighted by Gasteiger charge is 2.45. The molecule has 194 valence electrons. The lowest BCUT2D eigenvalue weighted by Crippen LogP contribution is -2.47. The number of nitrogens with zero attached hydrogens (tertiary/aromatic N) is 3. The molecule has 2 aromatic carbocycles. The number of hydrogen-bond donors (Lipinski definition) is 1. The second-order valence-electron chi connectivity index (χ2n) is 10.6. The normalized spacial score (nSPS) is 17.8. The SMILES string of the molecule is COc1cc2c(Oc3ccc4[nH]c(C)cc4c3F)ccnc2cc1OCC1(CN2CCN(C)CC2)CC1. The molecule has 6 rings (SSSR count). The standard InChI is InChI=1S/C29H33FN4O3/c1-19-14-21-22(32-19)4-5-25(28(21)30)37-24-6-9-31-23-16-27(26(35-3)15-20(23)24)36-18-29(7-8-29)17-34-12-10-33(2)11-13-34/h4-6,9,14-16,32H,7-8,10-13,17-18H2,1-3H3. The molecule has 4 aromatic rings. The highest BCUT2D eigenvalue weighted by molar-refractivity contribution is 5.89. The van der Waals surface area contributed by atoms with Crippen LogP contribution < -0.4 is 14.2 Å². The van der Waals surface area contributed by atoms with Crippen LogP contribution in [0.4, 0.5) is 4.39 Å². The summed E-state index contributed by atoms with van der Waals surface area (Å²) in [6, 6.07) is 10.7. The van der Waals surface area contributed by atoms with E-state index in [4.69, 9.17) is 14.2 Å². The zero-order valence-electron chi connectivity index (χ0n) is 21.6. The van der Waals surface area contributed by atoms with E-state index >= 15 is 4.39 Å². The summed E-state index contributed by atoms with van der Waals surface area (Å²) in [5.74, 6) is 1.55. The van der Waals surface area contributed by atoms with Crippen LogP contribution in [0.15, 0.2) is 42.6 Å². The number of benzene rings is 2. The molecule has 3 heterocycles. The van der Waals surface area contributed by atoms with Crippen LogP contribution >= 0.6 is 0 Å². The predicted octanol–water partition coefficient (Wildman–Crippen LogP) is 5.37. The fourth-order valence-electron chi connectivity index (χ4n) is 5.21. The number of halogens is 1. The van der Waals surface area contributed by atoms with Crippen molar-refractivity contribution in [1.82, 2.24) is 19.8 Å². The van der Waals surface area contributed by atoms with Crippen LogP contribution in [0.1, 0.15) is 18.5 Å². The maximum atomic E-state index is 15.2. The van der Waals surface area contributed by atoms with Gasteiger partial charge in [0.2, 0.25) is 0 Å². The number of ether oxygens (including phenoxy) is 3. The van der Waals surface area contributed by atoms with Crippen molar-refractivity contribution >= 4 is 21.8 Å². The topological polar surface area (TPSA) is 62.9 Å². The Morgan fingerprint density at radius 1 is 0.973 bits per heavy atom. The second-order valence-corrected chi connectivity index (χ2v) is 10.6. The smallest absolute Gasteiger partial charge is 0.175 e. The van der Waals surface area contributed by atoms with Crippen molar-refractivity contribution in [2.45, 2.75) is 19.8 Å². The highest BCUT2D eigenvalue weighted by Crippen LogP contribution is 2.47. The number of piperazine rings is 1. The summed E-state index contributed by atoms with van der Waals surface area (Å²) in [5, 5.41) is 1.24. The van der Waals surface area contributed by atoms with E-state index in [-0.39, 0.29) is 11.2 Å². The Morgan fingerprint density at radius 2 is 1.78 bits per heavy atom. The van der Waals surface area contributed by atoms with E-state index in [2.05, 4.69) is 26.8 Å². The van der Waals surface area contributed by atoms with E-state index in [1.807, 2.05) is 25.1 Å². The lowest BCUT2D eigenvalue weighted by Gasteiger charge is -2.34. The number of aromatic amines is 1. The monoisotopic (exact) mass is 504 g/mol. The highest BCUT2D eigenvalue weighted by atomic mass is 19.1. The Balaban J connectivity index is 1.22. The van der Waals surface area contributed by atoms with Gasteiger partial charge in [0, 0.05) is 72.4 Å². The molecule has 1 N–H and O–H groups in total. The number of hydrogen-bond acceptors (Lipinski definition) is 6. The van der Waals surface area contributed by atoms with Gasteiger partial charge in [-0.3, -0.25) is 4.98 Å². The molecule has 1 saturated heterocycles. The Kier molecular flexibility index (Phi) is 6.16. The van der Waals surface area contributed by atoms with Gasteiger partial charge in [-0.2, -0.15) is 0 Å². The Labute approximate surface area is 216 Å². The number of likely N-dealkylation sites (N-methyl/N-ethyl adjacent to an activating group) is 1. The summed E-state index contributed by atoms with van der Waals surface area (Å²) in [6.45, 7) is 8.09. The number of aromatic nitrogens is 2. The quantitative estimate of drug-likeness (QED) is 0.348. The van der Waals surface area contributed by atoms with E-state index in [1.54, 1.807) is 31.5 Å². The molecule has 2 aromatic heterocycles. The number of aryl methyl sites for hydroxylation is 1. The Hall–Kier alpha value is -3.36. The lowest BCUT2D eigenvalue weighted by molar-refractivity contribution is 0.109. The van der Waals surface area contributed by atoms with E-state index < -0.39 is 5.82 Å². The van der Waals surface area contributed by atoms with Crippen molar-refractivity contribution in [2.24, 2.45) is 5.41 Å². The Bertz CT molecular complexity index is 1440. The third-order valence-corrected chi connectivity index (χ3v) is 7.69. The number of H-pyrrole nitrogens is 1.